The number of ether oxygens (including phenoxy) is 3. The van der Waals surface area contributed by atoms with Crippen LogP contribution >= 0.6 is 0 Å². The summed E-state index contributed by atoms with van der Waals surface area (Å²) in [5.41, 5.74) is 1.45. The van der Waals surface area contributed by atoms with Gasteiger partial charge in [-0.15, -0.1) is 0 Å². The molecule has 0 bridgehead atoms. The number of benzene rings is 2. The summed E-state index contributed by atoms with van der Waals surface area (Å²) in [5.74, 6) is 0.891. The Balaban J connectivity index is 2.39. The van der Waals surface area contributed by atoms with E-state index in [0.29, 0.717) is 32.1 Å². The first-order chi connectivity index (χ1) is 27.1. The monoisotopic (exact) mass is 854 g/mol. The van der Waals surface area contributed by atoms with Gasteiger partial charge in [0, 0.05) is 19.1 Å². The second kappa shape index (κ2) is 22.4. The highest BCUT2D eigenvalue weighted by molar-refractivity contribution is 6.74. The highest BCUT2D eigenvalue weighted by atomic mass is 28.4. The summed E-state index contributed by atoms with van der Waals surface area (Å²) >= 11 is 0. The van der Waals surface area contributed by atoms with Gasteiger partial charge in [0.1, 0.15) is 11.4 Å². The predicted molar refractivity (Wildman–Crippen MR) is 250 cm³/mol. The normalized spacial score (nSPS) is 16.2. The van der Waals surface area contributed by atoms with Crippen LogP contribution < -0.4 is 4.74 Å². The average molecular weight is 854 g/mol. The second-order valence-corrected chi connectivity index (χ2v) is 30.6. The van der Waals surface area contributed by atoms with Crippen LogP contribution in [0.25, 0.3) is 0 Å². The van der Waals surface area contributed by atoms with E-state index >= 15 is 0 Å². The second-order valence-electron chi connectivity index (χ2n) is 21.0. The first-order valence-electron chi connectivity index (χ1n) is 21.9. The highest BCUT2D eigenvalue weighted by Gasteiger charge is 2.41. The van der Waals surface area contributed by atoms with Crippen molar-refractivity contribution in [3.8, 4) is 5.75 Å². The predicted octanol–water partition coefficient (Wildman–Crippen LogP) is 13.2. The van der Waals surface area contributed by atoms with Crippen LogP contribution in [0.1, 0.15) is 126 Å². The van der Waals surface area contributed by atoms with Crippen molar-refractivity contribution in [1.29, 1.82) is 0 Å². The van der Waals surface area contributed by atoms with Crippen LogP contribution in [-0.4, -0.2) is 71.5 Å². The summed E-state index contributed by atoms with van der Waals surface area (Å²) in [6.07, 6.45) is 4.88. The molecule has 0 radical (unpaired) electrons. The third-order valence-electron chi connectivity index (χ3n) is 12.3. The quantitative estimate of drug-likeness (QED) is 0.0861. The van der Waals surface area contributed by atoms with Crippen molar-refractivity contribution < 1.29 is 32.7 Å². The van der Waals surface area contributed by atoms with Gasteiger partial charge in [-0.2, -0.15) is 0 Å². The Kier molecular flexibility index (Phi) is 19.9. The molecule has 59 heavy (non-hydrogen) atoms. The lowest BCUT2D eigenvalue weighted by Gasteiger charge is -2.41. The van der Waals surface area contributed by atoms with Gasteiger partial charge >= 0.3 is 6.09 Å². The van der Waals surface area contributed by atoms with Crippen molar-refractivity contribution in [2.45, 2.75) is 176 Å². The van der Waals surface area contributed by atoms with Gasteiger partial charge in [-0.1, -0.05) is 111 Å². The van der Waals surface area contributed by atoms with Crippen molar-refractivity contribution in [2.75, 3.05) is 20.3 Å². The number of ketones is 1. The van der Waals surface area contributed by atoms with Crippen LogP contribution in [0.15, 0.2) is 66.7 Å². The maximum Gasteiger partial charge on any atom is 0.410 e. The van der Waals surface area contributed by atoms with Gasteiger partial charge in [-0.05, 0) is 124 Å². The molecule has 0 aliphatic heterocycles. The Labute approximate surface area is 362 Å². The standard InChI is InChI=1S/C49H83NO7Si2/c1-36(30-31-55-58(15,16)48(8,9)10)33-45(54-35-40-24-26-42(53-14)27-25-40)44(57-59(17,18)49(11,12)13)29-28-43(51)38(3)32-37(2)34-50(46(52)56-47(5,6)7)39(4)41-22-20-19-21-23-41/h19-29,36-39,44-45H,30-35H2,1-18H3/b29-28+/t36-,37-,38+,39+,44+,45-/m0/s1. The molecule has 0 heterocycles. The van der Waals surface area contributed by atoms with Crippen LogP contribution in [-0.2, 0) is 29.7 Å². The number of carbonyl (C=O) groups is 2. The zero-order valence-electron chi connectivity index (χ0n) is 40.4. The summed E-state index contributed by atoms with van der Waals surface area (Å²) in [6.45, 7) is 38.2. The first kappa shape index (κ1) is 52.4. The van der Waals surface area contributed by atoms with Gasteiger partial charge in [0.15, 0.2) is 22.4 Å². The van der Waals surface area contributed by atoms with Gasteiger partial charge in [0.25, 0.3) is 0 Å². The molecule has 2 aromatic carbocycles. The molecular weight excluding hydrogens is 771 g/mol. The van der Waals surface area contributed by atoms with Crippen molar-refractivity contribution in [3.63, 3.8) is 0 Å². The summed E-state index contributed by atoms with van der Waals surface area (Å²) in [5, 5.41) is 0.0958. The molecule has 0 aromatic heterocycles. The number of nitrogens with zero attached hydrogens (tertiary/aromatic N) is 1. The van der Waals surface area contributed by atoms with Gasteiger partial charge in [-0.3, -0.25) is 4.79 Å². The summed E-state index contributed by atoms with van der Waals surface area (Å²) in [4.78, 5) is 29.3. The molecular formula is C49H83NO7Si2. The van der Waals surface area contributed by atoms with E-state index < -0.39 is 28.3 Å². The highest BCUT2D eigenvalue weighted by Crippen LogP contribution is 2.39. The molecule has 0 spiro atoms. The fourth-order valence-corrected chi connectivity index (χ4v) is 8.66. The topological polar surface area (TPSA) is 83.5 Å². The van der Waals surface area contributed by atoms with Gasteiger partial charge in [0.2, 0.25) is 0 Å². The molecule has 2 aromatic rings. The molecule has 6 atom stereocenters. The minimum Gasteiger partial charge on any atom is -0.497 e. The number of hydrogen-bond acceptors (Lipinski definition) is 7. The lowest BCUT2D eigenvalue weighted by molar-refractivity contribution is -0.118. The number of amides is 1. The third kappa shape index (κ3) is 17.6. The summed E-state index contributed by atoms with van der Waals surface area (Å²) in [7, 11) is -2.53. The lowest BCUT2D eigenvalue weighted by Crippen LogP contribution is -2.47. The van der Waals surface area contributed by atoms with E-state index in [-0.39, 0.29) is 45.9 Å². The van der Waals surface area contributed by atoms with Crippen LogP contribution in [0.3, 0.4) is 0 Å². The molecule has 0 aliphatic carbocycles. The molecule has 0 aliphatic rings. The SMILES string of the molecule is COc1ccc(CO[C@@H](C[C@@H](C)CCO[Si](C)(C)C(C)(C)C)[C@@H](/C=C/C(=O)[C@H](C)C[C@H](C)CN(C(=O)OC(C)(C)C)[C@H](C)c2ccccc2)O[Si](C)(C)C(C)(C)C)cc1. The van der Waals surface area contributed by atoms with Gasteiger partial charge in [-0.25, -0.2) is 4.79 Å². The van der Waals surface area contributed by atoms with Gasteiger partial charge in [0.05, 0.1) is 32.0 Å². The zero-order chi connectivity index (χ0) is 45.0. The van der Waals surface area contributed by atoms with Crippen molar-refractivity contribution in [2.24, 2.45) is 17.8 Å². The number of rotatable bonds is 22. The Morgan fingerprint density at radius 3 is 1.86 bits per heavy atom. The van der Waals surface area contributed by atoms with Crippen molar-refractivity contribution in [1.82, 2.24) is 4.90 Å². The molecule has 334 valence electrons. The van der Waals surface area contributed by atoms with E-state index in [4.69, 9.17) is 23.1 Å². The maximum atomic E-state index is 14.0. The lowest BCUT2D eigenvalue weighted by atomic mass is 9.92. The molecule has 0 N–H and O–H groups in total. The van der Waals surface area contributed by atoms with Crippen molar-refractivity contribution >= 4 is 28.5 Å². The van der Waals surface area contributed by atoms with Crippen LogP contribution in [0.2, 0.25) is 36.3 Å². The fourth-order valence-electron chi connectivity index (χ4n) is 6.33. The number of methoxy groups -OCH3 is 1. The molecule has 0 unspecified atom stereocenters. The van der Waals surface area contributed by atoms with E-state index in [0.717, 1.165) is 29.7 Å². The number of allylic oxidation sites excluding steroid dienone is 1. The van der Waals surface area contributed by atoms with Crippen molar-refractivity contribution in [3.05, 3.63) is 77.9 Å². The molecule has 0 saturated heterocycles. The van der Waals surface area contributed by atoms with E-state index in [1.54, 1.807) is 18.1 Å². The van der Waals surface area contributed by atoms with E-state index in [1.807, 2.05) is 95.3 Å². The Morgan fingerprint density at radius 2 is 1.34 bits per heavy atom. The molecule has 10 heteroatoms. The molecule has 0 saturated carbocycles. The number of carbonyl (C=O) groups excluding carboxylic acids is 2. The largest absolute Gasteiger partial charge is 0.497 e. The summed E-state index contributed by atoms with van der Waals surface area (Å²) < 4.78 is 31.8. The minimum atomic E-state index is -2.31. The molecule has 8 nitrogen and oxygen atoms in total. The van der Waals surface area contributed by atoms with E-state index in [1.165, 1.54) is 0 Å². The molecule has 2 rings (SSSR count). The van der Waals surface area contributed by atoms with Crippen LogP contribution in [0.5, 0.6) is 5.75 Å². The fraction of sp³-hybridized carbons (Fsp3) is 0.673. The molecule has 1 amide bonds. The number of hydrogen-bond donors (Lipinski definition) is 0. The summed E-state index contributed by atoms with van der Waals surface area (Å²) in [6, 6.07) is 17.8. The zero-order valence-corrected chi connectivity index (χ0v) is 42.4. The first-order valence-corrected chi connectivity index (χ1v) is 27.7. The molecule has 0 fully saturated rings. The smallest absolute Gasteiger partial charge is 0.410 e. The maximum absolute atomic E-state index is 14.0. The third-order valence-corrected chi connectivity index (χ3v) is 21.3. The Hall–Kier alpha value is -2.77. The van der Waals surface area contributed by atoms with Crippen LogP contribution in [0.4, 0.5) is 4.79 Å². The minimum absolute atomic E-state index is 0.0327. The van der Waals surface area contributed by atoms with Crippen LogP contribution in [0, 0.1) is 17.8 Å². The van der Waals surface area contributed by atoms with E-state index in [2.05, 4.69) is 81.6 Å². The van der Waals surface area contributed by atoms with E-state index in [9.17, 15) is 9.59 Å². The Bertz CT molecular complexity index is 1590. The van der Waals surface area contributed by atoms with Gasteiger partial charge < -0.3 is 28.0 Å². The Morgan fingerprint density at radius 1 is 0.763 bits per heavy atom. The average Bonchev–Trinajstić information content (AvgIpc) is 3.12.